The molecule has 0 aliphatic carbocycles. The second-order valence-electron chi connectivity index (χ2n) is 20.1. The number of hydrogen-bond donors (Lipinski definition) is 0. The summed E-state index contributed by atoms with van der Waals surface area (Å²) in [5.41, 5.74) is 5.05. The van der Waals surface area contributed by atoms with E-state index in [9.17, 15) is 0 Å². The van der Waals surface area contributed by atoms with Gasteiger partial charge in [0.15, 0.2) is 11.6 Å². The maximum Gasteiger partial charge on any atom is 0.199 e. The lowest BCUT2D eigenvalue weighted by molar-refractivity contribution is 0.591. The molecular formula is C50H48N4. The summed E-state index contributed by atoms with van der Waals surface area (Å²) >= 11 is 0. The van der Waals surface area contributed by atoms with Crippen LogP contribution in [-0.2, 0) is 21.7 Å². The maximum absolute atomic E-state index is 5.42. The average molecular weight is 705 g/mol. The standard InChI is InChI=1S/C50H48N4/c1-47(2,3)29-17-25-13-14-26-18-30(48(4,5)6)22-34-38(26)37(25)33(21-29)41-42(34)52-45(51-41)46-53-43-35-23-31(49(7,8)9)19-27-15-16-28-20-32(50(10,11)12)24-36(44(43)54-46)40(28)39(27)35/h13-24H,1-12H3. The minimum absolute atomic E-state index is 0.0261. The predicted octanol–water partition coefficient (Wildman–Crippen LogP) is 11.0. The van der Waals surface area contributed by atoms with Crippen molar-refractivity contribution in [2.75, 3.05) is 0 Å². The van der Waals surface area contributed by atoms with Crippen molar-refractivity contribution in [2.45, 2.75) is 105 Å². The summed E-state index contributed by atoms with van der Waals surface area (Å²) in [4.78, 5) is 21.7. The molecule has 0 atom stereocenters. The molecule has 268 valence electrons. The van der Waals surface area contributed by atoms with E-state index in [0.717, 1.165) is 43.0 Å². The van der Waals surface area contributed by atoms with Gasteiger partial charge in [-0.05, 0) is 111 Å². The lowest BCUT2D eigenvalue weighted by Gasteiger charge is -2.23. The first kappa shape index (κ1) is 33.4. The van der Waals surface area contributed by atoms with Crippen LogP contribution in [0.5, 0.6) is 0 Å². The van der Waals surface area contributed by atoms with Crippen LogP contribution in [0.2, 0.25) is 0 Å². The van der Waals surface area contributed by atoms with Crippen LogP contribution < -0.4 is 21.4 Å². The molecule has 54 heavy (non-hydrogen) atoms. The zero-order valence-corrected chi connectivity index (χ0v) is 33.7. The molecule has 8 aromatic carbocycles. The van der Waals surface area contributed by atoms with E-state index in [2.05, 4.69) is 156 Å². The molecule has 8 aromatic rings. The molecule has 2 aliphatic rings. The normalized spacial score (nSPS) is 15.2. The summed E-state index contributed by atoms with van der Waals surface area (Å²) < 4.78 is 0. The van der Waals surface area contributed by atoms with Crippen LogP contribution in [-0.4, -0.2) is 0 Å². The monoisotopic (exact) mass is 704 g/mol. The van der Waals surface area contributed by atoms with E-state index in [0.29, 0.717) is 11.6 Å². The average Bonchev–Trinajstić information content (AvgIpc) is 3.74. The van der Waals surface area contributed by atoms with E-state index in [1.807, 2.05) is 0 Å². The van der Waals surface area contributed by atoms with Crippen LogP contribution in [0.3, 0.4) is 0 Å². The first-order valence-corrected chi connectivity index (χ1v) is 19.5. The Morgan fingerprint density at radius 3 is 0.685 bits per heavy atom. The zero-order chi connectivity index (χ0) is 38.0. The van der Waals surface area contributed by atoms with Crippen molar-refractivity contribution in [3.05, 3.63) is 128 Å². The third-order valence-electron chi connectivity index (χ3n) is 12.1. The Balaban J connectivity index is 1.37. The molecule has 10 rings (SSSR count). The highest BCUT2D eigenvalue weighted by molar-refractivity contribution is 6.24. The lowest BCUT2D eigenvalue weighted by atomic mass is 9.81. The highest BCUT2D eigenvalue weighted by Gasteiger charge is 2.27. The Morgan fingerprint density at radius 2 is 0.500 bits per heavy atom. The smallest absolute Gasteiger partial charge is 0.199 e. The van der Waals surface area contributed by atoms with Gasteiger partial charge >= 0.3 is 0 Å². The fourth-order valence-corrected chi connectivity index (χ4v) is 8.77. The summed E-state index contributed by atoms with van der Waals surface area (Å²) in [6.45, 7) is 27.4. The molecule has 2 heterocycles. The third kappa shape index (κ3) is 4.68. The largest absolute Gasteiger partial charge is 0.223 e. The van der Waals surface area contributed by atoms with E-state index in [-0.39, 0.29) is 21.7 Å². The number of benzene rings is 8. The van der Waals surface area contributed by atoms with Crippen LogP contribution in [0.15, 0.2) is 104 Å². The Bertz CT molecular complexity index is 2840. The van der Waals surface area contributed by atoms with Gasteiger partial charge in [0.1, 0.15) is 0 Å². The summed E-state index contributed by atoms with van der Waals surface area (Å²) in [6, 6.07) is 28.1. The van der Waals surface area contributed by atoms with Gasteiger partial charge < -0.3 is 0 Å². The summed E-state index contributed by atoms with van der Waals surface area (Å²) in [5, 5.41) is 18.3. The van der Waals surface area contributed by atoms with Crippen molar-refractivity contribution in [1.82, 2.24) is 0 Å². The van der Waals surface area contributed by atoms with Crippen molar-refractivity contribution in [1.29, 1.82) is 0 Å². The van der Waals surface area contributed by atoms with Crippen LogP contribution in [0, 0.1) is 0 Å². The zero-order valence-electron chi connectivity index (χ0n) is 33.7. The predicted molar refractivity (Wildman–Crippen MR) is 227 cm³/mol. The van der Waals surface area contributed by atoms with Crippen LogP contribution >= 0.6 is 0 Å². The molecule has 0 aromatic heterocycles. The van der Waals surface area contributed by atoms with Gasteiger partial charge in [-0.15, -0.1) is 0 Å². The number of hydrogen-bond acceptors (Lipinski definition) is 4. The molecule has 4 heteroatoms. The van der Waals surface area contributed by atoms with E-state index in [1.54, 1.807) is 0 Å². The van der Waals surface area contributed by atoms with Crippen molar-refractivity contribution in [3.8, 4) is 0 Å². The van der Waals surface area contributed by atoms with Crippen molar-refractivity contribution in [3.63, 3.8) is 0 Å². The highest BCUT2D eigenvalue weighted by atomic mass is 15.1. The number of fused-ring (bicyclic) bond motifs is 6. The number of rotatable bonds is 0. The molecule has 4 nitrogen and oxygen atoms in total. The molecule has 0 saturated heterocycles. The van der Waals surface area contributed by atoms with Crippen molar-refractivity contribution in [2.24, 2.45) is 20.0 Å². The molecule has 0 spiro atoms. The minimum Gasteiger partial charge on any atom is -0.223 e. The SMILES string of the molecule is CC(C)(C)c1cc2ccc3cc(C(C)(C)C)cc4c5c(c(c1)c2c34)=NC(=C1N=c2c(c3cc(C(C)(C)C)cc4ccc6cc(C(C)(C)C)cc2c6c43)=N1)N=5. The van der Waals surface area contributed by atoms with Crippen molar-refractivity contribution >= 4 is 64.6 Å². The molecule has 0 N–H and O–H groups in total. The van der Waals surface area contributed by atoms with Gasteiger partial charge in [-0.25, -0.2) is 20.0 Å². The minimum atomic E-state index is -0.0261. The maximum atomic E-state index is 5.42. The molecule has 2 aliphatic heterocycles. The van der Waals surface area contributed by atoms with Gasteiger partial charge in [0.25, 0.3) is 0 Å². The van der Waals surface area contributed by atoms with Gasteiger partial charge in [0.2, 0.25) is 0 Å². The Kier molecular flexibility index (Phi) is 6.36. The molecular weight excluding hydrogens is 657 g/mol. The lowest BCUT2D eigenvalue weighted by Crippen LogP contribution is -2.25. The van der Waals surface area contributed by atoms with Crippen LogP contribution in [0.1, 0.15) is 105 Å². The van der Waals surface area contributed by atoms with E-state index in [1.165, 1.54) is 65.3 Å². The van der Waals surface area contributed by atoms with Crippen LogP contribution in [0.25, 0.3) is 64.6 Å². The molecule has 0 unspecified atom stereocenters. The fourth-order valence-electron chi connectivity index (χ4n) is 8.77. The van der Waals surface area contributed by atoms with Gasteiger partial charge in [-0.3, -0.25) is 0 Å². The summed E-state index contributed by atoms with van der Waals surface area (Å²) in [6.07, 6.45) is 0. The highest BCUT2D eigenvalue weighted by Crippen LogP contribution is 2.40. The molecule has 0 radical (unpaired) electrons. The van der Waals surface area contributed by atoms with Gasteiger partial charge in [-0.1, -0.05) is 132 Å². The summed E-state index contributed by atoms with van der Waals surface area (Å²) in [5.74, 6) is 1.17. The first-order valence-electron chi connectivity index (χ1n) is 19.5. The Morgan fingerprint density at radius 1 is 0.296 bits per heavy atom. The molecule has 0 amide bonds. The first-order chi connectivity index (χ1) is 25.3. The second-order valence-corrected chi connectivity index (χ2v) is 20.1. The molecule has 0 bridgehead atoms. The number of nitrogens with zero attached hydrogens (tertiary/aromatic N) is 4. The van der Waals surface area contributed by atoms with Gasteiger partial charge in [0, 0.05) is 21.5 Å². The van der Waals surface area contributed by atoms with Crippen molar-refractivity contribution < 1.29 is 0 Å². The molecule has 0 fully saturated rings. The van der Waals surface area contributed by atoms with E-state index in [4.69, 9.17) is 20.0 Å². The quantitative estimate of drug-likeness (QED) is 0.141. The van der Waals surface area contributed by atoms with Crippen LogP contribution in [0.4, 0.5) is 0 Å². The van der Waals surface area contributed by atoms with Gasteiger partial charge in [0.05, 0.1) is 21.4 Å². The fraction of sp³-hybridized carbons (Fsp3) is 0.320. The Hall–Kier alpha value is -5.22. The third-order valence-corrected chi connectivity index (χ3v) is 12.1. The topological polar surface area (TPSA) is 49.4 Å². The second kappa shape index (κ2) is 10.3. The summed E-state index contributed by atoms with van der Waals surface area (Å²) in [7, 11) is 0. The Labute approximate surface area is 316 Å². The molecule has 0 saturated carbocycles. The van der Waals surface area contributed by atoms with Gasteiger partial charge in [-0.2, -0.15) is 0 Å². The van der Waals surface area contributed by atoms with E-state index >= 15 is 0 Å². The van der Waals surface area contributed by atoms with E-state index < -0.39 is 0 Å².